The lowest BCUT2D eigenvalue weighted by Crippen LogP contribution is -1.89. The summed E-state index contributed by atoms with van der Waals surface area (Å²) in [6.07, 6.45) is 0. The maximum atomic E-state index is 5.20. The van der Waals surface area contributed by atoms with Gasteiger partial charge in [-0.3, -0.25) is 4.40 Å². The molecule has 4 heteroatoms. The van der Waals surface area contributed by atoms with Crippen LogP contribution in [0.5, 0.6) is 0 Å². The van der Waals surface area contributed by atoms with E-state index in [-0.39, 0.29) is 0 Å². The molecule has 0 spiro atoms. The molecule has 10 rings (SSSR count). The van der Waals surface area contributed by atoms with Gasteiger partial charge in [0.05, 0.1) is 22.1 Å². The first-order valence-electron chi connectivity index (χ1n) is 13.5. The molecule has 0 fully saturated rings. The molecule has 0 saturated heterocycles. The van der Waals surface area contributed by atoms with E-state index in [2.05, 4.69) is 108 Å². The van der Waals surface area contributed by atoms with E-state index in [4.69, 9.17) is 9.97 Å². The molecule has 0 radical (unpaired) electrons. The molecule has 6 aromatic carbocycles. The maximum absolute atomic E-state index is 5.20. The van der Waals surface area contributed by atoms with Crippen LogP contribution in [0.25, 0.3) is 91.5 Å². The molecule has 40 heavy (non-hydrogen) atoms. The largest absolute Gasteiger partial charge is 0.291 e. The highest BCUT2D eigenvalue weighted by molar-refractivity contribution is 7.25. The number of nitrogens with zero attached hydrogens (tertiary/aromatic N) is 3. The van der Waals surface area contributed by atoms with Gasteiger partial charge in [-0.25, -0.2) is 9.97 Å². The second-order valence-electron chi connectivity index (χ2n) is 10.6. The third-order valence-corrected chi connectivity index (χ3v) is 9.63. The van der Waals surface area contributed by atoms with Gasteiger partial charge in [-0.05, 0) is 59.0 Å². The van der Waals surface area contributed by atoms with Crippen molar-refractivity contribution in [2.75, 3.05) is 0 Å². The summed E-state index contributed by atoms with van der Waals surface area (Å²) >= 11 is 1.86. The third-order valence-electron chi connectivity index (χ3n) is 8.48. The van der Waals surface area contributed by atoms with Gasteiger partial charge in [0, 0.05) is 41.7 Å². The van der Waals surface area contributed by atoms with Crippen LogP contribution in [0.4, 0.5) is 0 Å². The minimum Gasteiger partial charge on any atom is -0.291 e. The molecule has 4 aromatic heterocycles. The van der Waals surface area contributed by atoms with Gasteiger partial charge < -0.3 is 0 Å². The van der Waals surface area contributed by atoms with E-state index in [1.807, 2.05) is 23.5 Å². The molecule has 4 heterocycles. The van der Waals surface area contributed by atoms with Crippen LogP contribution in [0.1, 0.15) is 0 Å². The predicted molar refractivity (Wildman–Crippen MR) is 170 cm³/mol. The predicted octanol–water partition coefficient (Wildman–Crippen LogP) is 9.97. The maximum Gasteiger partial charge on any atom is 0.165 e. The number of thiophene rings is 1. The van der Waals surface area contributed by atoms with Crippen LogP contribution in [0.15, 0.2) is 115 Å². The molecule has 0 N–H and O–H groups in total. The molecule has 184 valence electrons. The standard InChI is InChI=1S/C36H19N3S/c1-2-8-23-20(7-1)13-15-25-27-18-22(21-14-16-32-26(17-21)24-9-3-6-12-31(24)40-32)19-28-33-36(39(34(23)25)35(27)28)38-30-11-5-4-10-29(30)37-33/h1-19H. The number of fused-ring (bicyclic) bond motifs is 12. The van der Waals surface area contributed by atoms with Crippen molar-refractivity contribution in [1.29, 1.82) is 0 Å². The highest BCUT2D eigenvalue weighted by Crippen LogP contribution is 2.44. The number of rotatable bonds is 1. The fraction of sp³-hybridized carbons (Fsp3) is 0. The molecule has 0 saturated carbocycles. The van der Waals surface area contributed by atoms with Crippen molar-refractivity contribution in [3.8, 4) is 11.1 Å². The zero-order valence-corrected chi connectivity index (χ0v) is 22.0. The van der Waals surface area contributed by atoms with Crippen molar-refractivity contribution in [3.05, 3.63) is 115 Å². The molecule has 0 amide bonds. The summed E-state index contributed by atoms with van der Waals surface area (Å²) in [6.45, 7) is 0. The highest BCUT2D eigenvalue weighted by atomic mass is 32.1. The zero-order chi connectivity index (χ0) is 25.9. The summed E-state index contributed by atoms with van der Waals surface area (Å²) in [6, 6.07) is 41.6. The number of hydrogen-bond donors (Lipinski definition) is 0. The van der Waals surface area contributed by atoms with Crippen molar-refractivity contribution in [2.45, 2.75) is 0 Å². The first-order valence-corrected chi connectivity index (χ1v) is 14.3. The first kappa shape index (κ1) is 20.8. The monoisotopic (exact) mass is 525 g/mol. The van der Waals surface area contributed by atoms with Crippen LogP contribution in [0.2, 0.25) is 0 Å². The SMILES string of the molecule is c1ccc2c(c1)ccc1c3cc(-c4ccc5sc6ccccc6c5c4)cc4c5nc6ccccc6nc5n(c21)c34. The van der Waals surface area contributed by atoms with Crippen molar-refractivity contribution >= 4 is 91.7 Å². The molecule has 10 aromatic rings. The topological polar surface area (TPSA) is 30.2 Å². The van der Waals surface area contributed by atoms with Crippen LogP contribution >= 0.6 is 11.3 Å². The van der Waals surface area contributed by atoms with Crippen molar-refractivity contribution in [3.63, 3.8) is 0 Å². The average molecular weight is 526 g/mol. The Hall–Kier alpha value is -5.06. The molecule has 0 bridgehead atoms. The molecule has 0 aliphatic carbocycles. The van der Waals surface area contributed by atoms with Gasteiger partial charge in [0.25, 0.3) is 0 Å². The first-order chi connectivity index (χ1) is 19.8. The van der Waals surface area contributed by atoms with Gasteiger partial charge in [-0.2, -0.15) is 0 Å². The summed E-state index contributed by atoms with van der Waals surface area (Å²) < 4.78 is 5.01. The number of aromatic nitrogens is 3. The fourth-order valence-corrected chi connectivity index (χ4v) is 7.78. The molecule has 0 atom stereocenters. The van der Waals surface area contributed by atoms with Crippen LogP contribution in [-0.2, 0) is 0 Å². The lowest BCUT2D eigenvalue weighted by molar-refractivity contribution is 1.28. The number of hydrogen-bond acceptors (Lipinski definition) is 3. The van der Waals surface area contributed by atoms with E-state index >= 15 is 0 Å². The second-order valence-corrected chi connectivity index (χ2v) is 11.7. The van der Waals surface area contributed by atoms with Crippen LogP contribution in [0, 0.1) is 0 Å². The minimum absolute atomic E-state index is 0.916. The summed E-state index contributed by atoms with van der Waals surface area (Å²) in [5.41, 5.74) is 8.54. The van der Waals surface area contributed by atoms with Gasteiger partial charge in [0.2, 0.25) is 0 Å². The summed E-state index contributed by atoms with van der Waals surface area (Å²) in [5, 5.41) is 8.74. The number of para-hydroxylation sites is 2. The normalized spacial score (nSPS) is 12.5. The van der Waals surface area contributed by atoms with Gasteiger partial charge >= 0.3 is 0 Å². The van der Waals surface area contributed by atoms with E-state index in [9.17, 15) is 0 Å². The quantitative estimate of drug-likeness (QED) is 0.213. The Labute approximate surface area is 231 Å². The minimum atomic E-state index is 0.916. The molecule has 0 aliphatic rings. The Morgan fingerprint density at radius 1 is 0.475 bits per heavy atom. The third kappa shape index (κ3) is 2.59. The fourth-order valence-electron chi connectivity index (χ4n) is 6.70. The Kier molecular flexibility index (Phi) is 3.81. The molecular formula is C36H19N3S. The Morgan fingerprint density at radius 3 is 2.10 bits per heavy atom. The van der Waals surface area contributed by atoms with Crippen molar-refractivity contribution in [1.82, 2.24) is 14.4 Å². The Morgan fingerprint density at radius 2 is 1.18 bits per heavy atom. The Bertz CT molecular complexity index is 2660. The molecular weight excluding hydrogens is 506 g/mol. The van der Waals surface area contributed by atoms with E-state index in [1.165, 1.54) is 63.9 Å². The lowest BCUT2D eigenvalue weighted by atomic mass is 9.98. The smallest absolute Gasteiger partial charge is 0.165 e. The zero-order valence-electron chi connectivity index (χ0n) is 21.2. The molecule has 0 unspecified atom stereocenters. The van der Waals surface area contributed by atoms with Crippen LogP contribution < -0.4 is 0 Å². The number of benzene rings is 6. The second kappa shape index (κ2) is 7.32. The van der Waals surface area contributed by atoms with E-state index in [0.29, 0.717) is 0 Å². The molecule has 0 aliphatic heterocycles. The van der Waals surface area contributed by atoms with E-state index in [0.717, 1.165) is 27.6 Å². The van der Waals surface area contributed by atoms with Crippen LogP contribution in [-0.4, -0.2) is 14.4 Å². The summed E-state index contributed by atoms with van der Waals surface area (Å²) in [7, 11) is 0. The lowest BCUT2D eigenvalue weighted by Gasteiger charge is -2.06. The van der Waals surface area contributed by atoms with E-state index < -0.39 is 0 Å². The van der Waals surface area contributed by atoms with E-state index in [1.54, 1.807) is 0 Å². The van der Waals surface area contributed by atoms with Crippen LogP contribution in [0.3, 0.4) is 0 Å². The van der Waals surface area contributed by atoms with Gasteiger partial charge in [0.15, 0.2) is 5.65 Å². The van der Waals surface area contributed by atoms with Crippen molar-refractivity contribution < 1.29 is 0 Å². The highest BCUT2D eigenvalue weighted by Gasteiger charge is 2.22. The van der Waals surface area contributed by atoms with Crippen molar-refractivity contribution in [2.24, 2.45) is 0 Å². The van der Waals surface area contributed by atoms with Gasteiger partial charge in [-0.1, -0.05) is 72.8 Å². The average Bonchev–Trinajstić information content (AvgIpc) is 3.65. The Balaban J connectivity index is 1.40. The summed E-state index contributed by atoms with van der Waals surface area (Å²) in [4.78, 5) is 10.4. The van der Waals surface area contributed by atoms with Gasteiger partial charge in [-0.15, -0.1) is 11.3 Å². The van der Waals surface area contributed by atoms with Gasteiger partial charge in [0.1, 0.15) is 5.52 Å². The summed E-state index contributed by atoms with van der Waals surface area (Å²) in [5.74, 6) is 0. The molecule has 3 nitrogen and oxygen atoms in total.